The van der Waals surface area contributed by atoms with Crippen LogP contribution in [-0.4, -0.2) is 58.4 Å². The zero-order valence-electron chi connectivity index (χ0n) is 33.6. The van der Waals surface area contributed by atoms with Gasteiger partial charge in [-0.3, -0.25) is 14.3 Å². The number of nitrogen functional groups attached to an aromatic ring is 1. The topological polar surface area (TPSA) is 153 Å². The first-order valence-electron chi connectivity index (χ1n) is 20.9. The number of benzene rings is 2. The molecule has 2 atom stereocenters. The van der Waals surface area contributed by atoms with Crippen LogP contribution in [0.4, 0.5) is 5.95 Å². The molecule has 0 amide bonds. The third-order valence-corrected chi connectivity index (χ3v) is 11.3. The average Bonchev–Trinajstić information content (AvgIpc) is 3.62. The molecule has 0 aliphatic rings. The Morgan fingerprint density at radius 2 is 1.29 bits per heavy atom. The third kappa shape index (κ3) is 18.3. The SMILES string of the molecule is CCCCCCCCCCCCCCCCCCOCC(COP(=O)(COCCn1cnc2c(=O)[nH]c(N)nc21)OCc1ccccc1)OCc1ccccc1. The predicted molar refractivity (Wildman–Crippen MR) is 224 cm³/mol. The number of nitrogens with one attached hydrogen (secondary N) is 1. The summed E-state index contributed by atoms with van der Waals surface area (Å²) in [6, 6.07) is 19.4. The van der Waals surface area contributed by atoms with Crippen molar-refractivity contribution >= 4 is 24.7 Å². The van der Waals surface area contributed by atoms with Gasteiger partial charge < -0.3 is 33.6 Å². The minimum absolute atomic E-state index is 0.000643. The molecular formula is C43H66N5O7P. The largest absolute Gasteiger partial charge is 0.379 e. The van der Waals surface area contributed by atoms with Crippen LogP contribution in [0.15, 0.2) is 71.8 Å². The van der Waals surface area contributed by atoms with E-state index in [1.54, 1.807) is 4.57 Å². The summed E-state index contributed by atoms with van der Waals surface area (Å²) >= 11 is 0. The van der Waals surface area contributed by atoms with Crippen LogP contribution >= 0.6 is 7.60 Å². The normalized spacial score (nSPS) is 13.3. The molecule has 12 nitrogen and oxygen atoms in total. The molecule has 0 aliphatic heterocycles. The van der Waals surface area contributed by atoms with Gasteiger partial charge in [0.2, 0.25) is 5.95 Å². The molecule has 4 rings (SSSR count). The van der Waals surface area contributed by atoms with Crippen molar-refractivity contribution in [2.24, 2.45) is 0 Å². The number of fused-ring (bicyclic) bond motifs is 1. The van der Waals surface area contributed by atoms with E-state index in [0.29, 0.717) is 32.0 Å². The first-order valence-corrected chi connectivity index (χ1v) is 22.6. The fourth-order valence-electron chi connectivity index (χ4n) is 6.43. The summed E-state index contributed by atoms with van der Waals surface area (Å²) in [6.07, 6.45) is 21.9. The van der Waals surface area contributed by atoms with Gasteiger partial charge in [-0.25, -0.2) is 4.98 Å². The van der Waals surface area contributed by atoms with Gasteiger partial charge in [0, 0.05) is 13.2 Å². The summed E-state index contributed by atoms with van der Waals surface area (Å²) in [5.74, 6) is -0.00424. The van der Waals surface area contributed by atoms with Crippen LogP contribution < -0.4 is 11.3 Å². The van der Waals surface area contributed by atoms with Gasteiger partial charge in [0.25, 0.3) is 5.56 Å². The van der Waals surface area contributed by atoms with Crippen LogP contribution in [0.2, 0.25) is 0 Å². The Morgan fingerprint density at radius 1 is 0.714 bits per heavy atom. The molecule has 56 heavy (non-hydrogen) atoms. The van der Waals surface area contributed by atoms with E-state index in [4.69, 9.17) is 29.0 Å². The van der Waals surface area contributed by atoms with Crippen LogP contribution in [-0.2, 0) is 47.6 Å². The van der Waals surface area contributed by atoms with Crippen LogP contribution in [0.3, 0.4) is 0 Å². The number of imidazole rings is 1. The molecule has 2 heterocycles. The molecule has 0 saturated heterocycles. The van der Waals surface area contributed by atoms with Crippen LogP contribution in [0.25, 0.3) is 11.2 Å². The second-order valence-electron chi connectivity index (χ2n) is 14.6. The Kier molecular flexibility index (Phi) is 22.1. The minimum Gasteiger partial charge on any atom is -0.379 e. The van der Waals surface area contributed by atoms with Gasteiger partial charge in [0.15, 0.2) is 11.2 Å². The lowest BCUT2D eigenvalue weighted by atomic mass is 10.0. The Balaban J connectivity index is 1.18. The lowest BCUT2D eigenvalue weighted by Crippen LogP contribution is -2.26. The van der Waals surface area contributed by atoms with Gasteiger partial charge in [0.1, 0.15) is 12.5 Å². The fourth-order valence-corrected chi connectivity index (χ4v) is 7.74. The lowest BCUT2D eigenvalue weighted by molar-refractivity contribution is -0.0489. The Labute approximate surface area is 333 Å². The van der Waals surface area contributed by atoms with E-state index in [0.717, 1.165) is 24.0 Å². The number of ether oxygens (including phenoxy) is 3. The molecule has 0 fully saturated rings. The highest BCUT2D eigenvalue weighted by molar-refractivity contribution is 7.53. The summed E-state index contributed by atoms with van der Waals surface area (Å²) in [7, 11) is -3.76. The monoisotopic (exact) mass is 795 g/mol. The standard InChI is InChI=1S/C43H66N5O7P/c1-2-3-4-5-6-7-8-9-10-11-12-13-14-15-16-23-29-51-33-39(53-31-37-24-19-17-20-25-37)34-55-56(50,54-32-38-26-21-18-22-27-38)36-52-30-28-48-35-45-40-41(48)46-43(44)47-42(40)49/h17-22,24-27,35,39H,2-16,23,28-34,36H2,1H3,(H3,44,46,47,49). The maximum atomic E-state index is 14.1. The number of hydrogen-bond acceptors (Lipinski definition) is 10. The maximum Gasteiger partial charge on any atom is 0.356 e. The van der Waals surface area contributed by atoms with Gasteiger partial charge >= 0.3 is 7.60 Å². The molecule has 0 saturated carbocycles. The molecule has 2 aromatic carbocycles. The third-order valence-electron chi connectivity index (χ3n) is 9.72. The van der Waals surface area contributed by atoms with Gasteiger partial charge in [-0.15, -0.1) is 0 Å². The van der Waals surface area contributed by atoms with E-state index in [-0.39, 0.29) is 37.6 Å². The van der Waals surface area contributed by atoms with Crippen molar-refractivity contribution in [1.82, 2.24) is 19.5 Å². The molecule has 2 unspecified atom stereocenters. The smallest absolute Gasteiger partial charge is 0.356 e. The summed E-state index contributed by atoms with van der Waals surface area (Å²) in [5.41, 5.74) is 7.71. The number of unbranched alkanes of at least 4 members (excludes halogenated alkanes) is 15. The second kappa shape index (κ2) is 27.3. The van der Waals surface area contributed by atoms with Crippen molar-refractivity contribution in [3.05, 3.63) is 88.5 Å². The summed E-state index contributed by atoms with van der Waals surface area (Å²) in [6.45, 7) is 4.09. The number of rotatable bonds is 33. The van der Waals surface area contributed by atoms with Crippen molar-refractivity contribution in [3.8, 4) is 0 Å². The average molecular weight is 796 g/mol. The van der Waals surface area contributed by atoms with E-state index in [2.05, 4.69) is 21.9 Å². The number of H-pyrrole nitrogens is 1. The minimum atomic E-state index is -3.76. The molecule has 2 aromatic heterocycles. The molecule has 0 radical (unpaired) electrons. The van der Waals surface area contributed by atoms with E-state index in [1.165, 1.54) is 96.2 Å². The number of nitrogens with zero attached hydrogens (tertiary/aromatic N) is 3. The Hall–Kier alpha value is -3.38. The molecule has 0 bridgehead atoms. The van der Waals surface area contributed by atoms with Crippen molar-refractivity contribution in [2.75, 3.05) is 38.5 Å². The van der Waals surface area contributed by atoms with E-state index in [9.17, 15) is 9.36 Å². The number of aromatic amines is 1. The van der Waals surface area contributed by atoms with Gasteiger partial charge in [-0.05, 0) is 17.5 Å². The number of anilines is 1. The highest BCUT2D eigenvalue weighted by atomic mass is 31.2. The number of aromatic nitrogens is 4. The molecule has 0 aliphatic carbocycles. The first kappa shape index (κ1) is 45.3. The number of hydrogen-bond donors (Lipinski definition) is 2. The molecule has 13 heteroatoms. The van der Waals surface area contributed by atoms with Crippen LogP contribution in [0, 0.1) is 0 Å². The molecule has 0 spiro atoms. The summed E-state index contributed by atoms with van der Waals surface area (Å²) in [5, 5.41) is 0. The predicted octanol–water partition coefficient (Wildman–Crippen LogP) is 9.97. The van der Waals surface area contributed by atoms with Gasteiger partial charge in [0.05, 0.1) is 39.4 Å². The van der Waals surface area contributed by atoms with E-state index < -0.39 is 19.3 Å². The fraction of sp³-hybridized carbons (Fsp3) is 0.605. The molecule has 310 valence electrons. The highest BCUT2D eigenvalue weighted by Gasteiger charge is 2.28. The molecule has 4 aromatic rings. The quantitative estimate of drug-likeness (QED) is 0.0352. The van der Waals surface area contributed by atoms with E-state index >= 15 is 0 Å². The van der Waals surface area contributed by atoms with Gasteiger partial charge in [-0.1, -0.05) is 164 Å². The zero-order valence-corrected chi connectivity index (χ0v) is 34.5. The maximum absolute atomic E-state index is 14.1. The Morgan fingerprint density at radius 3 is 1.89 bits per heavy atom. The zero-order chi connectivity index (χ0) is 39.5. The van der Waals surface area contributed by atoms with Crippen molar-refractivity contribution in [2.45, 2.75) is 136 Å². The van der Waals surface area contributed by atoms with E-state index in [1.807, 2.05) is 60.7 Å². The lowest BCUT2D eigenvalue weighted by Gasteiger charge is -2.23. The first-order chi connectivity index (χ1) is 27.5. The highest BCUT2D eigenvalue weighted by Crippen LogP contribution is 2.49. The summed E-state index contributed by atoms with van der Waals surface area (Å²) < 4.78 is 45.9. The molecular weight excluding hydrogens is 729 g/mol. The van der Waals surface area contributed by atoms with Crippen LogP contribution in [0.5, 0.6) is 0 Å². The number of nitrogens with two attached hydrogens (primary N) is 1. The Bertz CT molecular complexity index is 1710. The molecule has 3 N–H and O–H groups in total. The van der Waals surface area contributed by atoms with Gasteiger partial charge in [-0.2, -0.15) is 4.98 Å². The van der Waals surface area contributed by atoms with Crippen molar-refractivity contribution in [1.29, 1.82) is 0 Å². The van der Waals surface area contributed by atoms with Crippen molar-refractivity contribution in [3.63, 3.8) is 0 Å². The van der Waals surface area contributed by atoms with Crippen LogP contribution in [0.1, 0.15) is 121 Å². The van der Waals surface area contributed by atoms with Crippen molar-refractivity contribution < 1.29 is 27.8 Å². The second-order valence-corrected chi connectivity index (χ2v) is 16.6. The summed E-state index contributed by atoms with van der Waals surface area (Å²) in [4.78, 5) is 22.9.